The fraction of sp³-hybridized carbons (Fsp3) is 0.143. The fourth-order valence-electron chi connectivity index (χ4n) is 0.747. The first-order valence-electron chi connectivity index (χ1n) is 3.18. The van der Waals surface area contributed by atoms with Gasteiger partial charge in [0.05, 0.1) is 0 Å². The van der Waals surface area contributed by atoms with E-state index in [1.54, 1.807) is 18.2 Å². The highest BCUT2D eigenvalue weighted by molar-refractivity contribution is 5.45. The monoisotopic (exact) mass is 152 g/mol. The zero-order valence-corrected chi connectivity index (χ0v) is 5.86. The van der Waals surface area contributed by atoms with E-state index < -0.39 is 0 Å². The number of carbonyl (C=O) groups is 1. The molecule has 0 bridgehead atoms. The van der Waals surface area contributed by atoms with Crippen molar-refractivity contribution in [2.45, 2.75) is 6.54 Å². The van der Waals surface area contributed by atoms with E-state index >= 15 is 0 Å². The molecule has 1 heterocycles. The minimum Gasteiger partial charge on any atom is -0.618 e. The summed E-state index contributed by atoms with van der Waals surface area (Å²) in [7, 11) is 0. The van der Waals surface area contributed by atoms with E-state index in [0.717, 1.165) is 4.73 Å². The summed E-state index contributed by atoms with van der Waals surface area (Å²) in [6.07, 6.45) is 1.95. The van der Waals surface area contributed by atoms with E-state index in [2.05, 4.69) is 5.32 Å². The van der Waals surface area contributed by atoms with Crippen LogP contribution >= 0.6 is 0 Å². The molecule has 0 aliphatic heterocycles. The van der Waals surface area contributed by atoms with Gasteiger partial charge in [0.15, 0.2) is 6.20 Å². The average Bonchev–Trinajstić information content (AvgIpc) is 2.03. The van der Waals surface area contributed by atoms with Crippen LogP contribution in [0.5, 0.6) is 0 Å². The first kappa shape index (κ1) is 7.53. The maximum atomic E-state index is 10.9. The Morgan fingerprint density at radius 1 is 1.64 bits per heavy atom. The van der Waals surface area contributed by atoms with E-state index in [-0.39, 0.29) is 6.54 Å². The number of nitrogens with one attached hydrogen (secondary N) is 1. The molecule has 0 saturated heterocycles. The van der Waals surface area contributed by atoms with Gasteiger partial charge < -0.3 is 10.5 Å². The predicted octanol–water partition coefficient (Wildman–Crippen LogP) is -0.434. The maximum Gasteiger partial charge on any atom is 0.211 e. The molecule has 11 heavy (non-hydrogen) atoms. The van der Waals surface area contributed by atoms with Crippen molar-refractivity contribution in [3.63, 3.8) is 0 Å². The molecular weight excluding hydrogens is 144 g/mol. The molecule has 1 amide bonds. The van der Waals surface area contributed by atoms with Crippen molar-refractivity contribution >= 4 is 6.41 Å². The highest BCUT2D eigenvalue weighted by Gasteiger charge is 1.99. The van der Waals surface area contributed by atoms with Crippen LogP contribution in [0.1, 0.15) is 5.69 Å². The van der Waals surface area contributed by atoms with E-state index in [9.17, 15) is 10.0 Å². The minimum absolute atomic E-state index is 0.272. The summed E-state index contributed by atoms with van der Waals surface area (Å²) in [5.41, 5.74) is 0.527. The van der Waals surface area contributed by atoms with Gasteiger partial charge in [-0.15, -0.1) is 0 Å². The molecule has 0 fully saturated rings. The second kappa shape index (κ2) is 3.55. The Morgan fingerprint density at radius 3 is 3.09 bits per heavy atom. The third-order valence-electron chi connectivity index (χ3n) is 1.27. The number of aromatic nitrogens is 1. The molecule has 0 aromatic carbocycles. The number of hydrogen-bond acceptors (Lipinski definition) is 2. The van der Waals surface area contributed by atoms with E-state index in [1.165, 1.54) is 6.20 Å². The van der Waals surface area contributed by atoms with E-state index in [4.69, 9.17) is 0 Å². The third kappa shape index (κ3) is 1.93. The standard InChI is InChI=1S/C7H8N2O2/c10-6-8-5-7-3-1-2-4-9(7)11/h1-4,6H,5H2,(H,8,10). The number of carbonyl (C=O) groups excluding carboxylic acids is 1. The van der Waals surface area contributed by atoms with Gasteiger partial charge in [-0.3, -0.25) is 4.79 Å². The summed E-state index contributed by atoms with van der Waals surface area (Å²) >= 11 is 0. The Labute approximate surface area is 64.1 Å². The smallest absolute Gasteiger partial charge is 0.211 e. The second-order valence-corrected chi connectivity index (χ2v) is 2.02. The first-order valence-corrected chi connectivity index (χ1v) is 3.18. The van der Waals surface area contributed by atoms with Crippen LogP contribution in [0.2, 0.25) is 0 Å². The summed E-state index contributed by atoms with van der Waals surface area (Å²) in [4.78, 5) is 9.87. The van der Waals surface area contributed by atoms with Gasteiger partial charge in [0.25, 0.3) is 0 Å². The molecule has 0 atom stereocenters. The second-order valence-electron chi connectivity index (χ2n) is 2.02. The van der Waals surface area contributed by atoms with Gasteiger partial charge in [-0.05, 0) is 6.07 Å². The number of hydrogen-bond donors (Lipinski definition) is 1. The third-order valence-corrected chi connectivity index (χ3v) is 1.27. The highest BCUT2D eigenvalue weighted by Crippen LogP contribution is 1.88. The lowest BCUT2D eigenvalue weighted by atomic mass is 10.3. The maximum absolute atomic E-state index is 10.9. The summed E-state index contributed by atoms with van der Waals surface area (Å²) in [6.45, 7) is 0.272. The van der Waals surface area contributed by atoms with Crippen molar-refractivity contribution < 1.29 is 9.52 Å². The van der Waals surface area contributed by atoms with Crippen molar-refractivity contribution in [2.24, 2.45) is 0 Å². The van der Waals surface area contributed by atoms with Gasteiger partial charge in [0.1, 0.15) is 6.54 Å². The van der Waals surface area contributed by atoms with Crippen molar-refractivity contribution in [2.75, 3.05) is 0 Å². The molecular formula is C7H8N2O2. The van der Waals surface area contributed by atoms with Crippen LogP contribution in [0.25, 0.3) is 0 Å². The molecule has 0 aliphatic rings. The van der Waals surface area contributed by atoms with Crippen LogP contribution in [-0.4, -0.2) is 6.41 Å². The Balaban J connectivity index is 2.69. The lowest BCUT2D eigenvalue weighted by molar-refractivity contribution is -0.614. The molecule has 0 unspecified atom stereocenters. The SMILES string of the molecule is O=CNCc1cccc[n+]1[O-]. The van der Waals surface area contributed by atoms with Crippen molar-refractivity contribution in [1.29, 1.82) is 0 Å². The van der Waals surface area contributed by atoms with E-state index in [0.29, 0.717) is 12.1 Å². The topological polar surface area (TPSA) is 56.0 Å². The number of rotatable bonds is 3. The minimum atomic E-state index is 0.272. The van der Waals surface area contributed by atoms with Gasteiger partial charge in [-0.25, -0.2) is 0 Å². The highest BCUT2D eigenvalue weighted by atomic mass is 16.5. The summed E-state index contributed by atoms with van der Waals surface area (Å²) in [5, 5.41) is 13.3. The van der Waals surface area contributed by atoms with Crippen LogP contribution < -0.4 is 10.0 Å². The summed E-state index contributed by atoms with van der Waals surface area (Å²) in [5.74, 6) is 0. The molecule has 0 radical (unpaired) electrons. The van der Waals surface area contributed by atoms with Crippen LogP contribution in [0.4, 0.5) is 0 Å². The van der Waals surface area contributed by atoms with E-state index in [1.807, 2.05) is 0 Å². The molecule has 1 N–H and O–H groups in total. The first-order chi connectivity index (χ1) is 5.34. The van der Waals surface area contributed by atoms with Crippen LogP contribution in [0.15, 0.2) is 24.4 Å². The molecule has 58 valence electrons. The number of nitrogens with zero attached hydrogens (tertiary/aromatic N) is 1. The van der Waals surface area contributed by atoms with Gasteiger partial charge in [-0.2, -0.15) is 4.73 Å². The molecule has 1 aromatic heterocycles. The fourth-order valence-corrected chi connectivity index (χ4v) is 0.747. The van der Waals surface area contributed by atoms with Gasteiger partial charge in [-0.1, -0.05) is 0 Å². The zero-order chi connectivity index (χ0) is 8.10. The molecule has 1 aromatic rings. The molecule has 0 spiro atoms. The van der Waals surface area contributed by atoms with Gasteiger partial charge in [0.2, 0.25) is 12.1 Å². The Kier molecular flexibility index (Phi) is 2.43. The molecule has 0 saturated carbocycles. The number of amides is 1. The molecule has 4 heteroatoms. The molecule has 1 rings (SSSR count). The zero-order valence-electron chi connectivity index (χ0n) is 5.86. The Morgan fingerprint density at radius 2 is 2.45 bits per heavy atom. The summed E-state index contributed by atoms with van der Waals surface area (Å²) < 4.78 is 0.719. The van der Waals surface area contributed by atoms with Crippen LogP contribution in [0.3, 0.4) is 0 Å². The summed E-state index contributed by atoms with van der Waals surface area (Å²) in [6, 6.07) is 5.04. The van der Waals surface area contributed by atoms with Crippen molar-refractivity contribution in [1.82, 2.24) is 5.32 Å². The lowest BCUT2D eigenvalue weighted by Gasteiger charge is -2.01. The number of pyridine rings is 1. The van der Waals surface area contributed by atoms with Crippen LogP contribution in [0, 0.1) is 5.21 Å². The largest absolute Gasteiger partial charge is 0.618 e. The van der Waals surface area contributed by atoms with Crippen molar-refractivity contribution in [3.05, 3.63) is 35.3 Å². The lowest BCUT2D eigenvalue weighted by Crippen LogP contribution is -2.33. The Hall–Kier alpha value is -1.58. The molecule has 4 nitrogen and oxygen atoms in total. The van der Waals surface area contributed by atoms with Crippen molar-refractivity contribution in [3.8, 4) is 0 Å². The van der Waals surface area contributed by atoms with Gasteiger partial charge >= 0.3 is 0 Å². The quantitative estimate of drug-likeness (QED) is 0.363. The van der Waals surface area contributed by atoms with Crippen LogP contribution in [-0.2, 0) is 11.3 Å². The average molecular weight is 152 g/mol. The van der Waals surface area contributed by atoms with Gasteiger partial charge in [0, 0.05) is 12.1 Å². The normalized spacial score (nSPS) is 9.09. The Bertz CT molecular complexity index is 250. The predicted molar refractivity (Wildman–Crippen MR) is 38.3 cm³/mol. The molecule has 0 aliphatic carbocycles.